The van der Waals surface area contributed by atoms with Crippen molar-refractivity contribution in [2.45, 2.75) is 19.6 Å². The summed E-state index contributed by atoms with van der Waals surface area (Å²) >= 11 is 3.30. The van der Waals surface area contributed by atoms with Crippen LogP contribution >= 0.6 is 15.9 Å². The third-order valence-corrected chi connectivity index (χ3v) is 3.31. The Morgan fingerprint density at radius 1 is 1.20 bits per heavy atom. The molecule has 1 N–H and O–H groups in total. The smallest absolute Gasteiger partial charge is 0.130 e. The first-order chi connectivity index (χ1) is 9.47. The second-order valence-electron chi connectivity index (χ2n) is 4.38. The van der Waals surface area contributed by atoms with E-state index in [1.54, 1.807) is 25.1 Å². The summed E-state index contributed by atoms with van der Waals surface area (Å²) in [5.41, 5.74) is 0.714. The summed E-state index contributed by atoms with van der Waals surface area (Å²) in [6.07, 6.45) is -0.713. The van der Waals surface area contributed by atoms with Gasteiger partial charge in [-0.15, -0.1) is 0 Å². The van der Waals surface area contributed by atoms with Crippen molar-refractivity contribution in [3.63, 3.8) is 0 Å². The van der Waals surface area contributed by atoms with Crippen molar-refractivity contribution in [2.75, 3.05) is 0 Å². The molecular weight excluding hydrogens is 330 g/mol. The molecule has 0 unspecified atom stereocenters. The number of hydrogen-bond donors (Lipinski definition) is 1. The lowest BCUT2D eigenvalue weighted by Gasteiger charge is -2.14. The highest BCUT2D eigenvalue weighted by Gasteiger charge is 2.11. The minimum absolute atomic E-state index is 0.111. The molecule has 2 aromatic carbocycles. The van der Waals surface area contributed by atoms with Crippen molar-refractivity contribution in [1.29, 1.82) is 0 Å². The lowest BCUT2D eigenvalue weighted by molar-refractivity contribution is 0.189. The Morgan fingerprint density at radius 2 is 1.95 bits per heavy atom. The minimum atomic E-state index is -0.713. The van der Waals surface area contributed by atoms with E-state index in [0.29, 0.717) is 11.3 Å². The van der Waals surface area contributed by atoms with E-state index in [-0.39, 0.29) is 12.2 Å². The summed E-state index contributed by atoms with van der Waals surface area (Å²) in [5.74, 6) is -0.618. The second kappa shape index (κ2) is 6.33. The molecule has 1 atom stereocenters. The summed E-state index contributed by atoms with van der Waals surface area (Å²) in [5, 5.41) is 9.66. The summed E-state index contributed by atoms with van der Waals surface area (Å²) in [6.45, 7) is 1.50. The van der Waals surface area contributed by atoms with Crippen molar-refractivity contribution in [3.8, 4) is 5.75 Å². The normalized spacial score (nSPS) is 12.2. The van der Waals surface area contributed by atoms with Crippen LogP contribution in [0.5, 0.6) is 5.75 Å². The zero-order chi connectivity index (χ0) is 14.7. The molecule has 0 aliphatic heterocycles. The maximum atomic E-state index is 13.5. The van der Waals surface area contributed by atoms with E-state index in [4.69, 9.17) is 4.74 Å². The number of ether oxygens (including phenoxy) is 1. The van der Waals surface area contributed by atoms with Gasteiger partial charge in [-0.3, -0.25) is 0 Å². The number of aliphatic hydroxyl groups is 1. The van der Waals surface area contributed by atoms with Gasteiger partial charge in [0, 0.05) is 15.6 Å². The van der Waals surface area contributed by atoms with Gasteiger partial charge in [-0.05, 0) is 37.3 Å². The number of rotatable bonds is 4. The zero-order valence-electron chi connectivity index (χ0n) is 10.7. The van der Waals surface area contributed by atoms with Crippen LogP contribution in [0.4, 0.5) is 8.78 Å². The van der Waals surface area contributed by atoms with Crippen LogP contribution in [-0.2, 0) is 6.61 Å². The Labute approximate surface area is 124 Å². The molecule has 2 aromatic rings. The van der Waals surface area contributed by atoms with Gasteiger partial charge in [-0.25, -0.2) is 8.78 Å². The fourth-order valence-electron chi connectivity index (χ4n) is 1.79. The molecule has 2 nitrogen and oxygen atoms in total. The van der Waals surface area contributed by atoms with Gasteiger partial charge in [-0.2, -0.15) is 0 Å². The van der Waals surface area contributed by atoms with E-state index < -0.39 is 17.7 Å². The molecule has 0 amide bonds. The minimum Gasteiger partial charge on any atom is -0.488 e. The molecule has 0 aromatic heterocycles. The highest BCUT2D eigenvalue weighted by Crippen LogP contribution is 2.29. The van der Waals surface area contributed by atoms with Crippen molar-refractivity contribution in [2.24, 2.45) is 0 Å². The SMILES string of the molecule is C[C@@H](O)c1ccc(Br)cc1OCc1cc(F)ccc1F. The van der Waals surface area contributed by atoms with Crippen LogP contribution in [0.15, 0.2) is 40.9 Å². The molecule has 0 aliphatic carbocycles. The third-order valence-electron chi connectivity index (χ3n) is 2.82. The van der Waals surface area contributed by atoms with E-state index in [1.807, 2.05) is 0 Å². The third kappa shape index (κ3) is 3.55. The molecule has 5 heteroatoms. The molecule has 0 radical (unpaired) electrons. The van der Waals surface area contributed by atoms with E-state index in [1.165, 1.54) is 0 Å². The first-order valence-electron chi connectivity index (χ1n) is 6.01. The second-order valence-corrected chi connectivity index (χ2v) is 5.30. The molecule has 0 spiro atoms. The predicted molar refractivity (Wildman–Crippen MR) is 75.5 cm³/mol. The lowest BCUT2D eigenvalue weighted by Crippen LogP contribution is -2.03. The first-order valence-corrected chi connectivity index (χ1v) is 6.81. The molecule has 0 aliphatic rings. The average molecular weight is 343 g/mol. The van der Waals surface area contributed by atoms with Crippen LogP contribution in [-0.4, -0.2) is 5.11 Å². The van der Waals surface area contributed by atoms with Crippen LogP contribution in [0.2, 0.25) is 0 Å². The molecule has 106 valence electrons. The Morgan fingerprint density at radius 3 is 2.65 bits per heavy atom. The van der Waals surface area contributed by atoms with Crippen LogP contribution < -0.4 is 4.74 Å². The molecule has 0 saturated carbocycles. The highest BCUT2D eigenvalue weighted by atomic mass is 79.9. The highest BCUT2D eigenvalue weighted by molar-refractivity contribution is 9.10. The van der Waals surface area contributed by atoms with E-state index in [0.717, 1.165) is 22.7 Å². The van der Waals surface area contributed by atoms with E-state index in [2.05, 4.69) is 15.9 Å². The molecule has 20 heavy (non-hydrogen) atoms. The summed E-state index contributed by atoms with van der Waals surface area (Å²) in [4.78, 5) is 0. The van der Waals surface area contributed by atoms with Crippen molar-refractivity contribution in [3.05, 3.63) is 63.6 Å². The molecule has 0 bridgehead atoms. The molecular formula is C15H13BrF2O2. The quantitative estimate of drug-likeness (QED) is 0.894. The van der Waals surface area contributed by atoms with Gasteiger partial charge in [0.15, 0.2) is 0 Å². The summed E-state index contributed by atoms with van der Waals surface area (Å²) in [6, 6.07) is 8.38. The molecule has 0 heterocycles. The Bertz CT molecular complexity index is 615. The number of halogens is 3. The fourth-order valence-corrected chi connectivity index (χ4v) is 2.13. The summed E-state index contributed by atoms with van der Waals surface area (Å²) in [7, 11) is 0. The predicted octanol–water partition coefficient (Wildman–Crippen LogP) is 4.36. The standard InChI is InChI=1S/C15H13BrF2O2/c1-9(19)13-4-2-11(16)7-15(13)20-8-10-6-12(17)3-5-14(10)18/h2-7,9,19H,8H2,1H3/t9-/m1/s1. The van der Waals surface area contributed by atoms with Gasteiger partial charge >= 0.3 is 0 Å². The van der Waals surface area contributed by atoms with Crippen LogP contribution in [0.1, 0.15) is 24.2 Å². The van der Waals surface area contributed by atoms with Gasteiger partial charge in [-0.1, -0.05) is 22.0 Å². The molecule has 2 rings (SSSR count). The number of benzene rings is 2. The lowest BCUT2D eigenvalue weighted by atomic mass is 10.1. The van der Waals surface area contributed by atoms with Crippen LogP contribution in [0.25, 0.3) is 0 Å². The van der Waals surface area contributed by atoms with Crippen LogP contribution in [0.3, 0.4) is 0 Å². The Hall–Kier alpha value is -1.46. The summed E-state index contributed by atoms with van der Waals surface area (Å²) < 4.78 is 32.9. The van der Waals surface area contributed by atoms with E-state index in [9.17, 15) is 13.9 Å². The number of hydrogen-bond acceptors (Lipinski definition) is 2. The topological polar surface area (TPSA) is 29.5 Å². The van der Waals surface area contributed by atoms with Crippen molar-refractivity contribution < 1.29 is 18.6 Å². The van der Waals surface area contributed by atoms with Crippen molar-refractivity contribution >= 4 is 15.9 Å². The Kier molecular flexibility index (Phi) is 4.73. The van der Waals surface area contributed by atoms with Gasteiger partial charge in [0.25, 0.3) is 0 Å². The van der Waals surface area contributed by atoms with Gasteiger partial charge in [0.05, 0.1) is 6.10 Å². The first kappa shape index (κ1) is 14.9. The molecule has 0 saturated heterocycles. The maximum Gasteiger partial charge on any atom is 0.130 e. The van der Waals surface area contributed by atoms with Crippen molar-refractivity contribution in [1.82, 2.24) is 0 Å². The fraction of sp³-hybridized carbons (Fsp3) is 0.200. The maximum absolute atomic E-state index is 13.5. The van der Waals surface area contributed by atoms with Gasteiger partial charge in [0.1, 0.15) is 24.0 Å². The van der Waals surface area contributed by atoms with E-state index >= 15 is 0 Å². The van der Waals surface area contributed by atoms with Crippen LogP contribution in [0, 0.1) is 11.6 Å². The average Bonchev–Trinajstić information content (AvgIpc) is 2.39. The van der Waals surface area contributed by atoms with Gasteiger partial charge < -0.3 is 9.84 Å². The molecule has 0 fully saturated rings. The Balaban J connectivity index is 2.22. The monoisotopic (exact) mass is 342 g/mol. The number of aliphatic hydroxyl groups excluding tert-OH is 1. The zero-order valence-corrected chi connectivity index (χ0v) is 12.3. The van der Waals surface area contributed by atoms with Gasteiger partial charge in [0.2, 0.25) is 0 Å². The largest absolute Gasteiger partial charge is 0.488 e.